The molecule has 0 atom stereocenters. The van der Waals surface area contributed by atoms with Crippen LogP contribution in [0.3, 0.4) is 0 Å². The second-order valence-electron chi connectivity index (χ2n) is 3.77. The topological polar surface area (TPSA) is 72.9 Å². The van der Waals surface area contributed by atoms with Crippen molar-refractivity contribution in [3.8, 4) is 0 Å². The zero-order valence-corrected chi connectivity index (χ0v) is 11.0. The summed E-state index contributed by atoms with van der Waals surface area (Å²) in [7, 11) is 0. The third-order valence-corrected chi connectivity index (χ3v) is 2.78. The first-order valence-electron chi connectivity index (χ1n) is 5.18. The maximum Gasteiger partial charge on any atom is 0.246 e. The van der Waals surface area contributed by atoms with Crippen LogP contribution in [-0.4, -0.2) is 15.7 Å². The van der Waals surface area contributed by atoms with Gasteiger partial charge in [0.1, 0.15) is 6.54 Å². The molecule has 1 aromatic heterocycles. The van der Waals surface area contributed by atoms with Crippen LogP contribution >= 0.6 is 23.2 Å². The van der Waals surface area contributed by atoms with Crippen LogP contribution in [0.2, 0.25) is 10.0 Å². The van der Waals surface area contributed by atoms with Gasteiger partial charge in [-0.3, -0.25) is 9.48 Å². The van der Waals surface area contributed by atoms with Gasteiger partial charge in [0.25, 0.3) is 0 Å². The number of hydrogen-bond donors (Lipinski definition) is 2. The standard InChI is InChI=1S/C11H9Cl2FN4O/c12-8-1-7(2-9(13)11(8)14)17-10(19)5-18-4-6(15)3-16-18/h1-4H,5,15H2,(H,17,19). The van der Waals surface area contributed by atoms with Crippen LogP contribution in [0.4, 0.5) is 15.8 Å². The van der Waals surface area contributed by atoms with Crippen molar-refractivity contribution in [3.63, 3.8) is 0 Å². The second kappa shape index (κ2) is 5.46. The Morgan fingerprint density at radius 2 is 2.05 bits per heavy atom. The third kappa shape index (κ3) is 3.36. The Balaban J connectivity index is 2.07. The number of rotatable bonds is 3. The van der Waals surface area contributed by atoms with E-state index in [0.29, 0.717) is 11.4 Å². The molecule has 0 aliphatic rings. The van der Waals surface area contributed by atoms with Gasteiger partial charge in [-0.15, -0.1) is 0 Å². The number of carbonyl (C=O) groups excluding carboxylic acids is 1. The maximum atomic E-state index is 13.2. The molecule has 0 fully saturated rings. The SMILES string of the molecule is Nc1cnn(CC(=O)Nc2cc(Cl)c(F)c(Cl)c2)c1. The van der Waals surface area contributed by atoms with E-state index >= 15 is 0 Å². The van der Waals surface area contributed by atoms with E-state index in [0.717, 1.165) is 0 Å². The van der Waals surface area contributed by atoms with Crippen molar-refractivity contribution in [3.05, 3.63) is 40.4 Å². The summed E-state index contributed by atoms with van der Waals surface area (Å²) >= 11 is 11.2. The second-order valence-corrected chi connectivity index (χ2v) is 4.59. The Bertz CT molecular complexity index is 606. The summed E-state index contributed by atoms with van der Waals surface area (Å²) in [6.07, 6.45) is 2.95. The highest BCUT2D eigenvalue weighted by Crippen LogP contribution is 2.27. The Kier molecular flexibility index (Phi) is 3.92. The molecule has 8 heteroatoms. The average molecular weight is 303 g/mol. The van der Waals surface area contributed by atoms with Crippen molar-refractivity contribution < 1.29 is 9.18 Å². The number of nitrogens with one attached hydrogen (secondary N) is 1. The molecule has 1 heterocycles. The number of nitrogens with two attached hydrogens (primary N) is 1. The molecule has 0 unspecified atom stereocenters. The molecular formula is C11H9Cl2FN4O. The van der Waals surface area contributed by atoms with Gasteiger partial charge in [0.2, 0.25) is 5.91 Å². The fourth-order valence-electron chi connectivity index (χ4n) is 1.44. The number of carbonyl (C=O) groups is 1. The number of anilines is 2. The molecule has 2 rings (SSSR count). The molecule has 5 nitrogen and oxygen atoms in total. The molecule has 1 aromatic carbocycles. The molecule has 0 radical (unpaired) electrons. The minimum atomic E-state index is -0.721. The lowest BCUT2D eigenvalue weighted by Gasteiger charge is -2.07. The number of nitrogen functional groups attached to an aromatic ring is 1. The van der Waals surface area contributed by atoms with Crippen LogP contribution in [0.15, 0.2) is 24.5 Å². The molecule has 0 spiro atoms. The highest BCUT2D eigenvalue weighted by atomic mass is 35.5. The van der Waals surface area contributed by atoms with Gasteiger partial charge < -0.3 is 11.1 Å². The van der Waals surface area contributed by atoms with Gasteiger partial charge in [0.05, 0.1) is 21.9 Å². The number of halogens is 3. The van der Waals surface area contributed by atoms with Crippen molar-refractivity contribution in [2.75, 3.05) is 11.1 Å². The molecule has 0 aliphatic heterocycles. The van der Waals surface area contributed by atoms with E-state index in [1.54, 1.807) is 0 Å². The molecule has 0 aliphatic carbocycles. The molecular weight excluding hydrogens is 294 g/mol. The molecule has 0 saturated heterocycles. The van der Waals surface area contributed by atoms with Crippen LogP contribution in [0.25, 0.3) is 0 Å². The van der Waals surface area contributed by atoms with Gasteiger partial charge in [-0.25, -0.2) is 4.39 Å². The van der Waals surface area contributed by atoms with Crippen LogP contribution in [0.1, 0.15) is 0 Å². The predicted molar refractivity (Wildman–Crippen MR) is 71.7 cm³/mol. The quantitative estimate of drug-likeness (QED) is 0.856. The zero-order valence-electron chi connectivity index (χ0n) is 9.53. The molecule has 1 amide bonds. The largest absolute Gasteiger partial charge is 0.396 e. The highest BCUT2D eigenvalue weighted by Gasteiger charge is 2.10. The van der Waals surface area contributed by atoms with Gasteiger partial charge in [-0.2, -0.15) is 5.10 Å². The summed E-state index contributed by atoms with van der Waals surface area (Å²) in [5.74, 6) is -1.08. The van der Waals surface area contributed by atoms with Gasteiger partial charge in [0, 0.05) is 11.9 Å². The van der Waals surface area contributed by atoms with Crippen molar-refractivity contribution in [2.24, 2.45) is 0 Å². The summed E-state index contributed by atoms with van der Waals surface area (Å²) in [5, 5.41) is 6.08. The van der Waals surface area contributed by atoms with Gasteiger partial charge >= 0.3 is 0 Å². The summed E-state index contributed by atoms with van der Waals surface area (Å²) < 4.78 is 14.6. The van der Waals surface area contributed by atoms with E-state index in [4.69, 9.17) is 28.9 Å². The first-order chi connectivity index (χ1) is 8.95. The van der Waals surface area contributed by atoms with Crippen LogP contribution in [0.5, 0.6) is 0 Å². The zero-order chi connectivity index (χ0) is 14.0. The summed E-state index contributed by atoms with van der Waals surface area (Å²) in [6.45, 7) is -0.0240. The highest BCUT2D eigenvalue weighted by molar-refractivity contribution is 6.35. The number of amides is 1. The van der Waals surface area contributed by atoms with Crippen LogP contribution in [0, 0.1) is 5.82 Å². The van der Waals surface area contributed by atoms with E-state index in [9.17, 15) is 9.18 Å². The molecule has 19 heavy (non-hydrogen) atoms. The van der Waals surface area contributed by atoms with E-state index < -0.39 is 5.82 Å². The predicted octanol–water partition coefficient (Wildman–Crippen LogP) is 2.55. The van der Waals surface area contributed by atoms with Gasteiger partial charge in [0.15, 0.2) is 5.82 Å². The Hall–Kier alpha value is -1.79. The Labute approximate surface area is 118 Å². The van der Waals surface area contributed by atoms with E-state index in [1.807, 2.05) is 0 Å². The van der Waals surface area contributed by atoms with Crippen molar-refractivity contribution >= 4 is 40.5 Å². The third-order valence-electron chi connectivity index (χ3n) is 2.23. The fraction of sp³-hybridized carbons (Fsp3) is 0.0909. The van der Waals surface area contributed by atoms with Gasteiger partial charge in [-0.1, -0.05) is 23.2 Å². The lowest BCUT2D eigenvalue weighted by Crippen LogP contribution is -2.19. The van der Waals surface area contributed by atoms with Crippen LogP contribution < -0.4 is 11.1 Å². The normalized spacial score (nSPS) is 10.5. The summed E-state index contributed by atoms with van der Waals surface area (Å²) in [6, 6.07) is 2.55. The van der Waals surface area contributed by atoms with E-state index in [2.05, 4.69) is 10.4 Å². The minimum Gasteiger partial charge on any atom is -0.396 e. The molecule has 0 saturated carbocycles. The monoisotopic (exact) mass is 302 g/mol. The first-order valence-corrected chi connectivity index (χ1v) is 5.93. The lowest BCUT2D eigenvalue weighted by atomic mass is 10.3. The Morgan fingerprint density at radius 3 is 2.58 bits per heavy atom. The number of nitrogens with zero attached hydrogens (tertiary/aromatic N) is 2. The molecule has 2 aromatic rings. The van der Waals surface area contributed by atoms with Crippen molar-refractivity contribution in [1.29, 1.82) is 0 Å². The summed E-state index contributed by atoms with van der Waals surface area (Å²) in [5.41, 5.74) is 6.24. The smallest absolute Gasteiger partial charge is 0.246 e. The average Bonchev–Trinajstić information content (AvgIpc) is 2.71. The molecule has 0 bridgehead atoms. The summed E-state index contributed by atoms with van der Waals surface area (Å²) in [4.78, 5) is 11.7. The molecule has 100 valence electrons. The minimum absolute atomic E-state index is 0.0240. The fourth-order valence-corrected chi connectivity index (χ4v) is 1.93. The van der Waals surface area contributed by atoms with Crippen LogP contribution in [-0.2, 0) is 11.3 Å². The first kappa shape index (κ1) is 13.6. The van der Waals surface area contributed by atoms with E-state index in [-0.39, 0.29) is 22.5 Å². The molecule has 3 N–H and O–H groups in total. The Morgan fingerprint density at radius 1 is 1.42 bits per heavy atom. The van der Waals surface area contributed by atoms with Gasteiger partial charge in [-0.05, 0) is 12.1 Å². The van der Waals surface area contributed by atoms with Crippen molar-refractivity contribution in [2.45, 2.75) is 6.54 Å². The van der Waals surface area contributed by atoms with E-state index in [1.165, 1.54) is 29.2 Å². The van der Waals surface area contributed by atoms with Crippen molar-refractivity contribution in [1.82, 2.24) is 9.78 Å². The number of benzene rings is 1. The lowest BCUT2D eigenvalue weighted by molar-refractivity contribution is -0.116. The maximum absolute atomic E-state index is 13.2. The number of aromatic nitrogens is 2. The number of hydrogen-bond acceptors (Lipinski definition) is 3.